The zero-order valence-corrected chi connectivity index (χ0v) is 12.2. The molecule has 0 saturated carbocycles. The smallest absolute Gasteiger partial charge is 0.243 e. The summed E-state index contributed by atoms with van der Waals surface area (Å²) in [7, 11) is -3.93. The van der Waals surface area contributed by atoms with Crippen LogP contribution in [-0.2, 0) is 14.8 Å². The van der Waals surface area contributed by atoms with E-state index in [2.05, 4.69) is 11.3 Å². The van der Waals surface area contributed by atoms with Crippen molar-refractivity contribution in [3.63, 3.8) is 0 Å². The minimum atomic E-state index is -3.93. The second-order valence-corrected chi connectivity index (χ2v) is 5.97. The molecule has 0 heterocycles. The molecule has 1 aromatic rings. The molecule has 5 nitrogen and oxygen atoms in total. The van der Waals surface area contributed by atoms with Gasteiger partial charge in [0.25, 0.3) is 0 Å². The maximum Gasteiger partial charge on any atom is 0.243 e. The molecule has 0 amide bonds. The number of nitrogens with one attached hydrogen (secondary N) is 1. The van der Waals surface area contributed by atoms with Crippen molar-refractivity contribution in [2.24, 2.45) is 0 Å². The Hall–Kier alpha value is -1.44. The van der Waals surface area contributed by atoms with E-state index in [9.17, 15) is 12.8 Å². The third-order valence-corrected chi connectivity index (χ3v) is 4.00. The molecule has 0 fully saturated rings. The summed E-state index contributed by atoms with van der Waals surface area (Å²) < 4.78 is 45.2. The fourth-order valence-corrected chi connectivity index (χ4v) is 2.75. The molecule has 3 N–H and O–H groups in total. The first kappa shape index (κ1) is 16.6. The molecule has 20 heavy (non-hydrogen) atoms. The van der Waals surface area contributed by atoms with Crippen molar-refractivity contribution in [1.29, 1.82) is 0 Å². The van der Waals surface area contributed by atoms with E-state index in [1.165, 1.54) is 13.0 Å². The van der Waals surface area contributed by atoms with Gasteiger partial charge < -0.3 is 10.5 Å². The average Bonchev–Trinajstić information content (AvgIpc) is 2.37. The van der Waals surface area contributed by atoms with Crippen molar-refractivity contribution in [2.75, 3.05) is 25.5 Å². The summed E-state index contributed by atoms with van der Waals surface area (Å²) in [6.45, 7) is 5.74. The minimum absolute atomic E-state index is 0.0623. The molecule has 1 rings (SSSR count). The van der Waals surface area contributed by atoms with Crippen molar-refractivity contribution < 1.29 is 17.5 Å². The highest BCUT2D eigenvalue weighted by Crippen LogP contribution is 2.21. The normalized spacial score (nSPS) is 11.5. The Morgan fingerprint density at radius 2 is 2.15 bits per heavy atom. The molecule has 0 aromatic heterocycles. The van der Waals surface area contributed by atoms with Crippen LogP contribution in [0.4, 0.5) is 10.1 Å². The standard InChI is InChI=1S/C13H19FN2O3S/c1-3-4-6-19-7-5-16-20(17,18)12-9-11(15)8-10(2)13(12)14/h3,8-9,16H,1,4-7,15H2,2H3. The monoisotopic (exact) mass is 302 g/mol. The van der Waals surface area contributed by atoms with Gasteiger partial charge in [0.2, 0.25) is 10.0 Å². The van der Waals surface area contributed by atoms with Crippen LogP contribution in [0.15, 0.2) is 29.7 Å². The third kappa shape index (κ3) is 4.59. The topological polar surface area (TPSA) is 81.4 Å². The van der Waals surface area contributed by atoms with Crippen LogP contribution in [0.5, 0.6) is 0 Å². The highest BCUT2D eigenvalue weighted by atomic mass is 32.2. The molecule has 0 unspecified atom stereocenters. The van der Waals surface area contributed by atoms with Gasteiger partial charge >= 0.3 is 0 Å². The Morgan fingerprint density at radius 3 is 2.80 bits per heavy atom. The van der Waals surface area contributed by atoms with Gasteiger partial charge in [0.15, 0.2) is 0 Å². The van der Waals surface area contributed by atoms with Crippen molar-refractivity contribution in [3.05, 3.63) is 36.2 Å². The van der Waals surface area contributed by atoms with Gasteiger partial charge in [-0.15, -0.1) is 6.58 Å². The van der Waals surface area contributed by atoms with Crippen LogP contribution in [0.2, 0.25) is 0 Å². The number of aryl methyl sites for hydroxylation is 1. The lowest BCUT2D eigenvalue weighted by molar-refractivity contribution is 0.144. The molecule has 112 valence electrons. The third-order valence-electron chi connectivity index (χ3n) is 2.54. The highest BCUT2D eigenvalue weighted by molar-refractivity contribution is 7.89. The molecule has 7 heteroatoms. The number of nitrogens with two attached hydrogens (primary N) is 1. The van der Waals surface area contributed by atoms with Crippen molar-refractivity contribution in [3.8, 4) is 0 Å². The van der Waals surface area contributed by atoms with Crippen molar-refractivity contribution in [2.45, 2.75) is 18.2 Å². The largest absolute Gasteiger partial charge is 0.399 e. The summed E-state index contributed by atoms with van der Waals surface area (Å²) in [5, 5.41) is 0. The lowest BCUT2D eigenvalue weighted by Crippen LogP contribution is -2.28. The van der Waals surface area contributed by atoms with Crippen molar-refractivity contribution >= 4 is 15.7 Å². The number of anilines is 1. The van der Waals surface area contributed by atoms with E-state index >= 15 is 0 Å². The van der Waals surface area contributed by atoms with E-state index in [0.29, 0.717) is 13.0 Å². The molecule has 0 spiro atoms. The van der Waals surface area contributed by atoms with Gasteiger partial charge in [-0.1, -0.05) is 6.08 Å². The lowest BCUT2D eigenvalue weighted by atomic mass is 10.2. The number of ether oxygens (including phenoxy) is 1. The number of benzene rings is 1. The van der Waals surface area contributed by atoms with E-state index < -0.39 is 20.7 Å². The summed E-state index contributed by atoms with van der Waals surface area (Å²) in [4.78, 5) is -0.443. The van der Waals surface area contributed by atoms with Crippen LogP contribution in [0.25, 0.3) is 0 Å². The Morgan fingerprint density at radius 1 is 1.45 bits per heavy atom. The maximum atomic E-state index is 13.8. The lowest BCUT2D eigenvalue weighted by Gasteiger charge is -2.10. The van der Waals surface area contributed by atoms with Crippen LogP contribution in [0, 0.1) is 12.7 Å². The number of rotatable bonds is 8. The number of sulfonamides is 1. The number of hydrogen-bond donors (Lipinski definition) is 2. The maximum absolute atomic E-state index is 13.8. The fraction of sp³-hybridized carbons (Fsp3) is 0.385. The molecule has 0 radical (unpaired) electrons. The van der Waals surface area contributed by atoms with Crippen LogP contribution >= 0.6 is 0 Å². The van der Waals surface area contributed by atoms with Crippen LogP contribution in [-0.4, -0.2) is 28.2 Å². The number of nitrogen functional groups attached to an aromatic ring is 1. The first-order valence-corrected chi connectivity index (χ1v) is 7.60. The molecule has 0 aliphatic heterocycles. The summed E-state index contributed by atoms with van der Waals surface area (Å²) >= 11 is 0. The quantitative estimate of drug-likeness (QED) is 0.434. The predicted molar refractivity (Wildman–Crippen MR) is 76.4 cm³/mol. The molecule has 0 aliphatic carbocycles. The summed E-state index contributed by atoms with van der Waals surface area (Å²) in [5.41, 5.74) is 5.93. The van der Waals surface area contributed by atoms with E-state index in [0.717, 1.165) is 6.07 Å². The van der Waals surface area contributed by atoms with Crippen LogP contribution in [0.1, 0.15) is 12.0 Å². The molecule has 0 saturated heterocycles. The van der Waals surface area contributed by atoms with E-state index in [1.807, 2.05) is 0 Å². The van der Waals surface area contributed by atoms with Crippen LogP contribution in [0.3, 0.4) is 0 Å². The Balaban J connectivity index is 2.67. The van der Waals surface area contributed by atoms with Gasteiger partial charge in [0.05, 0.1) is 13.2 Å². The first-order chi connectivity index (χ1) is 9.38. The van der Waals surface area contributed by atoms with Gasteiger partial charge in [0.1, 0.15) is 10.7 Å². The van der Waals surface area contributed by atoms with Gasteiger partial charge in [-0.3, -0.25) is 0 Å². The Labute approximate surface area is 118 Å². The first-order valence-electron chi connectivity index (χ1n) is 6.12. The SMILES string of the molecule is C=CCCOCCNS(=O)(=O)c1cc(N)cc(C)c1F. The molecular formula is C13H19FN2O3S. The number of halogens is 1. The van der Waals surface area contributed by atoms with Gasteiger partial charge in [-0.25, -0.2) is 17.5 Å². The predicted octanol–water partition coefficient (Wildman–Crippen LogP) is 1.59. The second kappa shape index (κ2) is 7.37. The second-order valence-electron chi connectivity index (χ2n) is 4.24. The van der Waals surface area contributed by atoms with E-state index in [1.54, 1.807) is 6.08 Å². The highest BCUT2D eigenvalue weighted by Gasteiger charge is 2.20. The summed E-state index contributed by atoms with van der Waals surface area (Å²) in [6.07, 6.45) is 2.39. The molecule has 0 bridgehead atoms. The fourth-order valence-electron chi connectivity index (χ4n) is 1.55. The Bertz CT molecular complexity index is 573. The zero-order chi connectivity index (χ0) is 15.2. The average molecular weight is 302 g/mol. The molecule has 0 atom stereocenters. The summed E-state index contributed by atoms with van der Waals surface area (Å²) in [5.74, 6) is -0.792. The molecular weight excluding hydrogens is 283 g/mol. The van der Waals surface area contributed by atoms with Crippen molar-refractivity contribution in [1.82, 2.24) is 4.72 Å². The molecule has 1 aromatic carbocycles. The number of hydrogen-bond acceptors (Lipinski definition) is 4. The van der Waals surface area contributed by atoms with Gasteiger partial charge in [-0.05, 0) is 31.0 Å². The van der Waals surface area contributed by atoms with Gasteiger partial charge in [0, 0.05) is 12.2 Å². The van der Waals surface area contributed by atoms with E-state index in [4.69, 9.17) is 10.5 Å². The van der Waals surface area contributed by atoms with E-state index in [-0.39, 0.29) is 24.4 Å². The summed E-state index contributed by atoms with van der Waals surface area (Å²) in [6, 6.07) is 2.48. The minimum Gasteiger partial charge on any atom is -0.399 e. The Kier molecular flexibility index (Phi) is 6.12. The molecule has 0 aliphatic rings. The van der Waals surface area contributed by atoms with Crippen LogP contribution < -0.4 is 10.5 Å². The van der Waals surface area contributed by atoms with Gasteiger partial charge in [-0.2, -0.15) is 0 Å². The zero-order valence-electron chi connectivity index (χ0n) is 11.4.